The first-order chi connectivity index (χ1) is 8.49. The Morgan fingerprint density at radius 3 is 2.50 bits per heavy atom. The van der Waals surface area contributed by atoms with Crippen LogP contribution in [0.25, 0.3) is 11.3 Å². The fraction of sp³-hybridized carbons (Fsp3) is 0.250. The third kappa shape index (κ3) is 3.16. The summed E-state index contributed by atoms with van der Waals surface area (Å²) in [6.07, 6.45) is 1.21. The highest BCUT2D eigenvalue weighted by atomic mass is 32.2. The van der Waals surface area contributed by atoms with Crippen LogP contribution in [0.2, 0.25) is 0 Å². The Kier molecular flexibility index (Phi) is 3.79. The van der Waals surface area contributed by atoms with E-state index >= 15 is 0 Å². The fourth-order valence-corrected chi connectivity index (χ4v) is 3.80. The van der Waals surface area contributed by atoms with Crippen molar-refractivity contribution in [2.45, 2.75) is 12.3 Å². The molecule has 1 aromatic carbocycles. The van der Waals surface area contributed by atoms with Gasteiger partial charge in [0.1, 0.15) is 10.8 Å². The Morgan fingerprint density at radius 2 is 1.94 bits per heavy atom. The number of sulfone groups is 1. The van der Waals surface area contributed by atoms with Gasteiger partial charge in [-0.1, -0.05) is 30.3 Å². The molecule has 1 heterocycles. The second kappa shape index (κ2) is 5.17. The van der Waals surface area contributed by atoms with Crippen LogP contribution in [0.4, 0.5) is 0 Å². The monoisotopic (exact) mass is 282 g/mol. The molecule has 4 nitrogen and oxygen atoms in total. The zero-order chi connectivity index (χ0) is 13.2. The predicted molar refractivity (Wildman–Crippen MR) is 74.0 cm³/mol. The minimum atomic E-state index is -3.06. The summed E-state index contributed by atoms with van der Waals surface area (Å²) in [7, 11) is -3.06. The Bertz CT molecular complexity index is 633. The minimum Gasteiger partial charge on any atom is -0.326 e. The van der Waals surface area contributed by atoms with Gasteiger partial charge in [-0.05, 0) is 0 Å². The lowest BCUT2D eigenvalue weighted by molar-refractivity contribution is 0.601. The molecule has 0 fully saturated rings. The van der Waals surface area contributed by atoms with Crippen molar-refractivity contribution in [3.8, 4) is 11.3 Å². The molecule has 6 heteroatoms. The van der Waals surface area contributed by atoms with Gasteiger partial charge in [0.25, 0.3) is 0 Å². The van der Waals surface area contributed by atoms with Crippen molar-refractivity contribution < 1.29 is 8.42 Å². The van der Waals surface area contributed by atoms with E-state index < -0.39 is 9.84 Å². The molecule has 0 aliphatic carbocycles. The van der Waals surface area contributed by atoms with Crippen LogP contribution in [0.15, 0.2) is 30.3 Å². The molecular formula is C12H14N2O2S2. The molecule has 0 unspecified atom stereocenters. The summed E-state index contributed by atoms with van der Waals surface area (Å²) in [5.41, 5.74) is 7.45. The normalized spacial score (nSPS) is 11.7. The SMILES string of the molecule is CS(=O)(=O)Cc1nc(-c2ccccc2)c(CN)s1. The maximum Gasteiger partial charge on any atom is 0.153 e. The van der Waals surface area contributed by atoms with Crippen molar-refractivity contribution in [1.29, 1.82) is 0 Å². The molecule has 96 valence electrons. The van der Waals surface area contributed by atoms with Crippen LogP contribution in [-0.2, 0) is 22.1 Å². The second-order valence-corrected chi connectivity index (χ2v) is 7.33. The Morgan fingerprint density at radius 1 is 1.28 bits per heavy atom. The molecule has 0 saturated heterocycles. The summed E-state index contributed by atoms with van der Waals surface area (Å²) in [5, 5.41) is 0.594. The third-order valence-corrected chi connectivity index (χ3v) is 4.42. The molecule has 2 aromatic rings. The second-order valence-electron chi connectivity index (χ2n) is 4.02. The van der Waals surface area contributed by atoms with E-state index in [4.69, 9.17) is 5.73 Å². The van der Waals surface area contributed by atoms with E-state index in [1.807, 2.05) is 30.3 Å². The summed E-state index contributed by atoms with van der Waals surface area (Å²) in [6, 6.07) is 9.66. The molecular weight excluding hydrogens is 268 g/mol. The van der Waals surface area contributed by atoms with Gasteiger partial charge in [-0.2, -0.15) is 0 Å². The van der Waals surface area contributed by atoms with Crippen molar-refractivity contribution in [1.82, 2.24) is 4.98 Å². The number of hydrogen-bond acceptors (Lipinski definition) is 5. The summed E-state index contributed by atoms with van der Waals surface area (Å²) < 4.78 is 22.6. The Labute approximate surface area is 110 Å². The first-order valence-electron chi connectivity index (χ1n) is 5.41. The van der Waals surface area contributed by atoms with E-state index in [1.165, 1.54) is 17.6 Å². The van der Waals surface area contributed by atoms with Crippen molar-refractivity contribution in [3.63, 3.8) is 0 Å². The number of nitrogens with zero attached hydrogens (tertiary/aromatic N) is 1. The Balaban J connectivity index is 2.42. The van der Waals surface area contributed by atoms with E-state index in [0.717, 1.165) is 16.1 Å². The van der Waals surface area contributed by atoms with Gasteiger partial charge < -0.3 is 5.73 Å². The van der Waals surface area contributed by atoms with Crippen LogP contribution in [0.1, 0.15) is 9.88 Å². The fourth-order valence-electron chi connectivity index (χ4n) is 1.65. The van der Waals surface area contributed by atoms with Crippen molar-refractivity contribution >= 4 is 21.2 Å². The van der Waals surface area contributed by atoms with Crippen LogP contribution in [0.3, 0.4) is 0 Å². The molecule has 2 rings (SSSR count). The van der Waals surface area contributed by atoms with Crippen LogP contribution in [-0.4, -0.2) is 19.7 Å². The number of aromatic nitrogens is 1. The molecule has 0 saturated carbocycles. The number of thiazole rings is 1. The lowest BCUT2D eigenvalue weighted by Crippen LogP contribution is -1.99. The maximum absolute atomic E-state index is 11.3. The molecule has 2 N–H and O–H groups in total. The van der Waals surface area contributed by atoms with E-state index in [2.05, 4.69) is 4.98 Å². The van der Waals surface area contributed by atoms with Crippen molar-refractivity contribution in [2.75, 3.05) is 6.26 Å². The summed E-state index contributed by atoms with van der Waals surface area (Å²) in [5.74, 6) is -0.0303. The highest BCUT2D eigenvalue weighted by molar-refractivity contribution is 7.90. The number of benzene rings is 1. The van der Waals surface area contributed by atoms with Gasteiger partial charge >= 0.3 is 0 Å². The average molecular weight is 282 g/mol. The van der Waals surface area contributed by atoms with Gasteiger partial charge in [0.05, 0.1) is 5.69 Å². The van der Waals surface area contributed by atoms with Gasteiger partial charge in [-0.3, -0.25) is 0 Å². The number of nitrogens with two attached hydrogens (primary N) is 1. The summed E-state index contributed by atoms with van der Waals surface area (Å²) in [6.45, 7) is 0.367. The third-order valence-electron chi connectivity index (χ3n) is 2.36. The maximum atomic E-state index is 11.3. The zero-order valence-electron chi connectivity index (χ0n) is 9.96. The van der Waals surface area contributed by atoms with Crippen LogP contribution >= 0.6 is 11.3 Å². The zero-order valence-corrected chi connectivity index (χ0v) is 11.6. The van der Waals surface area contributed by atoms with Gasteiger partial charge in [-0.25, -0.2) is 13.4 Å². The number of rotatable bonds is 4. The van der Waals surface area contributed by atoms with Gasteiger partial charge in [0.2, 0.25) is 0 Å². The van der Waals surface area contributed by atoms with Gasteiger partial charge in [-0.15, -0.1) is 11.3 Å². The van der Waals surface area contributed by atoms with E-state index in [9.17, 15) is 8.42 Å². The van der Waals surface area contributed by atoms with Crippen molar-refractivity contribution in [2.24, 2.45) is 5.73 Å². The molecule has 0 aliphatic heterocycles. The smallest absolute Gasteiger partial charge is 0.153 e. The van der Waals surface area contributed by atoms with Gasteiger partial charge in [0.15, 0.2) is 9.84 Å². The molecule has 18 heavy (non-hydrogen) atoms. The molecule has 0 bridgehead atoms. The molecule has 0 aliphatic rings. The van der Waals surface area contributed by atoms with Crippen molar-refractivity contribution in [3.05, 3.63) is 40.2 Å². The average Bonchev–Trinajstić information content (AvgIpc) is 2.71. The largest absolute Gasteiger partial charge is 0.326 e. The van der Waals surface area contributed by atoms with Crippen LogP contribution in [0.5, 0.6) is 0 Å². The standard InChI is InChI=1S/C12H14N2O2S2/c1-18(15,16)8-11-14-12(10(7-13)17-11)9-5-3-2-4-6-9/h2-6H,7-8,13H2,1H3. The topological polar surface area (TPSA) is 73.0 Å². The Hall–Kier alpha value is -1.24. The molecule has 0 amide bonds. The van der Waals surface area contributed by atoms with E-state index in [-0.39, 0.29) is 5.75 Å². The molecule has 0 spiro atoms. The number of hydrogen-bond donors (Lipinski definition) is 1. The van der Waals surface area contributed by atoms with E-state index in [1.54, 1.807) is 0 Å². The molecule has 0 atom stereocenters. The minimum absolute atomic E-state index is 0.0303. The quantitative estimate of drug-likeness (QED) is 0.928. The van der Waals surface area contributed by atoms with E-state index in [0.29, 0.717) is 11.6 Å². The summed E-state index contributed by atoms with van der Waals surface area (Å²) >= 11 is 1.37. The highest BCUT2D eigenvalue weighted by Gasteiger charge is 2.14. The summed E-state index contributed by atoms with van der Waals surface area (Å²) in [4.78, 5) is 5.31. The predicted octanol–water partition coefficient (Wildman–Crippen LogP) is 1.81. The first kappa shape index (κ1) is 13.2. The first-order valence-corrected chi connectivity index (χ1v) is 8.29. The van der Waals surface area contributed by atoms with Gasteiger partial charge in [0, 0.05) is 23.2 Å². The lowest BCUT2D eigenvalue weighted by atomic mass is 10.1. The lowest BCUT2D eigenvalue weighted by Gasteiger charge is -1.98. The highest BCUT2D eigenvalue weighted by Crippen LogP contribution is 2.28. The van der Waals surface area contributed by atoms with Crippen LogP contribution in [0, 0.1) is 0 Å². The molecule has 1 aromatic heterocycles. The molecule has 0 radical (unpaired) electrons. The van der Waals surface area contributed by atoms with Crippen LogP contribution < -0.4 is 5.73 Å².